The Labute approximate surface area is 80.7 Å². The summed E-state index contributed by atoms with van der Waals surface area (Å²) in [7, 11) is 0. The molecule has 1 aliphatic carbocycles. The van der Waals surface area contributed by atoms with Gasteiger partial charge in [-0.3, -0.25) is 4.79 Å². The Bertz CT molecular complexity index is 165. The first-order valence-corrected chi connectivity index (χ1v) is 5.36. The zero-order valence-electron chi connectivity index (χ0n) is 8.71. The largest absolute Gasteiger partial charge is 0.382 e. The maximum absolute atomic E-state index is 11.2. The Kier molecular flexibility index (Phi) is 4.43. The minimum atomic E-state index is 0.307. The van der Waals surface area contributed by atoms with Crippen LogP contribution in [0.15, 0.2) is 0 Å². The quantitative estimate of drug-likeness (QED) is 0.613. The van der Waals surface area contributed by atoms with Crippen molar-refractivity contribution in [3.63, 3.8) is 0 Å². The lowest BCUT2D eigenvalue weighted by Gasteiger charge is -2.13. The van der Waals surface area contributed by atoms with Crippen LogP contribution in [-0.2, 0) is 9.53 Å². The summed E-state index contributed by atoms with van der Waals surface area (Å²) < 4.78 is 5.27. The Hall–Kier alpha value is -0.370. The van der Waals surface area contributed by atoms with Gasteiger partial charge in [-0.15, -0.1) is 0 Å². The van der Waals surface area contributed by atoms with Crippen molar-refractivity contribution < 1.29 is 9.53 Å². The van der Waals surface area contributed by atoms with Crippen LogP contribution in [0.4, 0.5) is 0 Å². The summed E-state index contributed by atoms with van der Waals surface area (Å²) in [4.78, 5) is 11.2. The molecule has 13 heavy (non-hydrogen) atoms. The van der Waals surface area contributed by atoms with E-state index in [0.717, 1.165) is 38.9 Å². The van der Waals surface area contributed by atoms with E-state index in [-0.39, 0.29) is 0 Å². The van der Waals surface area contributed by atoms with Crippen LogP contribution < -0.4 is 0 Å². The maximum atomic E-state index is 11.2. The third-order valence-corrected chi connectivity index (χ3v) is 3.04. The van der Waals surface area contributed by atoms with Crippen molar-refractivity contribution >= 4 is 5.78 Å². The predicted octanol–water partition coefficient (Wildman–Crippen LogP) is 2.42. The van der Waals surface area contributed by atoms with Crippen LogP contribution >= 0.6 is 0 Å². The molecule has 1 fully saturated rings. The number of Topliss-reactive ketones (excluding diaryl/α,β-unsaturated/α-hetero) is 1. The topological polar surface area (TPSA) is 26.3 Å². The van der Waals surface area contributed by atoms with Crippen LogP contribution in [0.25, 0.3) is 0 Å². The van der Waals surface area contributed by atoms with E-state index in [1.165, 1.54) is 0 Å². The van der Waals surface area contributed by atoms with Crippen LogP contribution in [0.1, 0.15) is 39.5 Å². The first-order chi connectivity index (χ1) is 6.25. The molecule has 0 aliphatic heterocycles. The Morgan fingerprint density at radius 2 is 2.31 bits per heavy atom. The van der Waals surface area contributed by atoms with E-state index < -0.39 is 0 Å². The van der Waals surface area contributed by atoms with Crippen LogP contribution in [-0.4, -0.2) is 19.0 Å². The molecule has 76 valence electrons. The Morgan fingerprint density at radius 3 is 2.85 bits per heavy atom. The highest BCUT2D eigenvalue weighted by Crippen LogP contribution is 2.31. The van der Waals surface area contributed by atoms with Crippen LogP contribution in [0, 0.1) is 11.8 Å². The van der Waals surface area contributed by atoms with Gasteiger partial charge in [0.1, 0.15) is 5.78 Å². The van der Waals surface area contributed by atoms with Crippen molar-refractivity contribution in [1.82, 2.24) is 0 Å². The highest BCUT2D eigenvalue weighted by Gasteiger charge is 2.29. The highest BCUT2D eigenvalue weighted by atomic mass is 16.5. The SMILES string of the molecule is CCOCCCC1CCC(=O)C1C. The van der Waals surface area contributed by atoms with Crippen molar-refractivity contribution in [3.05, 3.63) is 0 Å². The molecule has 0 heterocycles. The van der Waals surface area contributed by atoms with Crippen LogP contribution in [0.5, 0.6) is 0 Å². The van der Waals surface area contributed by atoms with E-state index in [1.807, 2.05) is 6.92 Å². The molecule has 2 unspecified atom stereocenters. The van der Waals surface area contributed by atoms with E-state index >= 15 is 0 Å². The van der Waals surface area contributed by atoms with Gasteiger partial charge in [0.15, 0.2) is 0 Å². The van der Waals surface area contributed by atoms with E-state index in [1.54, 1.807) is 0 Å². The number of carbonyl (C=O) groups is 1. The summed E-state index contributed by atoms with van der Waals surface area (Å²) in [5, 5.41) is 0. The van der Waals surface area contributed by atoms with Crippen molar-refractivity contribution in [1.29, 1.82) is 0 Å². The minimum Gasteiger partial charge on any atom is -0.382 e. The van der Waals surface area contributed by atoms with E-state index in [4.69, 9.17) is 4.74 Å². The fourth-order valence-electron chi connectivity index (χ4n) is 2.05. The molecule has 1 aliphatic rings. The molecule has 0 amide bonds. The number of carbonyl (C=O) groups excluding carboxylic acids is 1. The van der Waals surface area contributed by atoms with Gasteiger partial charge < -0.3 is 4.74 Å². The number of hydrogen-bond acceptors (Lipinski definition) is 2. The summed E-state index contributed by atoms with van der Waals surface area (Å²) in [6, 6.07) is 0. The Morgan fingerprint density at radius 1 is 1.54 bits per heavy atom. The second-order valence-corrected chi connectivity index (χ2v) is 3.89. The zero-order chi connectivity index (χ0) is 9.68. The molecule has 2 nitrogen and oxygen atoms in total. The predicted molar refractivity (Wildman–Crippen MR) is 52.6 cm³/mol. The number of ketones is 1. The maximum Gasteiger partial charge on any atom is 0.135 e. The van der Waals surface area contributed by atoms with E-state index in [0.29, 0.717) is 17.6 Å². The van der Waals surface area contributed by atoms with Crippen molar-refractivity contribution in [3.8, 4) is 0 Å². The molecular weight excluding hydrogens is 164 g/mol. The lowest BCUT2D eigenvalue weighted by Crippen LogP contribution is -2.11. The molecule has 1 rings (SSSR count). The number of hydrogen-bond donors (Lipinski definition) is 0. The van der Waals surface area contributed by atoms with Crippen molar-refractivity contribution in [2.45, 2.75) is 39.5 Å². The third kappa shape index (κ3) is 3.11. The smallest absolute Gasteiger partial charge is 0.135 e. The molecule has 2 heteroatoms. The molecule has 1 saturated carbocycles. The second kappa shape index (κ2) is 5.38. The minimum absolute atomic E-state index is 0.307. The van der Waals surface area contributed by atoms with Gasteiger partial charge in [0.05, 0.1) is 0 Å². The third-order valence-electron chi connectivity index (χ3n) is 3.04. The molecule has 0 aromatic heterocycles. The van der Waals surface area contributed by atoms with Gasteiger partial charge in [-0.25, -0.2) is 0 Å². The van der Waals surface area contributed by atoms with Gasteiger partial charge in [0.25, 0.3) is 0 Å². The molecule has 0 aromatic carbocycles. The summed E-state index contributed by atoms with van der Waals surface area (Å²) >= 11 is 0. The monoisotopic (exact) mass is 184 g/mol. The lowest BCUT2D eigenvalue weighted by molar-refractivity contribution is -0.120. The summed E-state index contributed by atoms with van der Waals surface area (Å²) in [5.41, 5.74) is 0. The van der Waals surface area contributed by atoms with Crippen LogP contribution in [0.2, 0.25) is 0 Å². The van der Waals surface area contributed by atoms with Gasteiger partial charge in [-0.05, 0) is 32.1 Å². The first-order valence-electron chi connectivity index (χ1n) is 5.36. The first kappa shape index (κ1) is 10.7. The molecule has 0 spiro atoms. The normalized spacial score (nSPS) is 28.3. The lowest BCUT2D eigenvalue weighted by atomic mass is 9.93. The van der Waals surface area contributed by atoms with Gasteiger partial charge >= 0.3 is 0 Å². The molecule has 2 atom stereocenters. The van der Waals surface area contributed by atoms with Crippen LogP contribution in [0.3, 0.4) is 0 Å². The summed E-state index contributed by atoms with van der Waals surface area (Å²) in [6.07, 6.45) is 4.18. The average Bonchev–Trinajstić information content (AvgIpc) is 2.43. The molecular formula is C11H20O2. The second-order valence-electron chi connectivity index (χ2n) is 3.89. The van der Waals surface area contributed by atoms with E-state index in [2.05, 4.69) is 6.92 Å². The van der Waals surface area contributed by atoms with Gasteiger partial charge in [0, 0.05) is 25.6 Å². The van der Waals surface area contributed by atoms with Gasteiger partial charge in [0.2, 0.25) is 0 Å². The summed E-state index contributed by atoms with van der Waals surface area (Å²) in [5.74, 6) is 1.40. The van der Waals surface area contributed by atoms with Gasteiger partial charge in [-0.2, -0.15) is 0 Å². The molecule has 0 bridgehead atoms. The summed E-state index contributed by atoms with van der Waals surface area (Å²) in [6.45, 7) is 5.75. The van der Waals surface area contributed by atoms with Gasteiger partial charge in [-0.1, -0.05) is 6.92 Å². The highest BCUT2D eigenvalue weighted by molar-refractivity contribution is 5.82. The molecule has 0 aromatic rings. The number of ether oxygens (including phenoxy) is 1. The van der Waals surface area contributed by atoms with Crippen molar-refractivity contribution in [2.24, 2.45) is 11.8 Å². The Balaban J connectivity index is 2.11. The average molecular weight is 184 g/mol. The van der Waals surface area contributed by atoms with Crippen molar-refractivity contribution in [2.75, 3.05) is 13.2 Å². The standard InChI is InChI=1S/C11H20O2/c1-3-13-8-4-5-10-6-7-11(12)9(10)2/h9-10H,3-8H2,1-2H3. The molecule has 0 saturated heterocycles. The fourth-order valence-corrected chi connectivity index (χ4v) is 2.05. The number of rotatable bonds is 5. The molecule has 0 radical (unpaired) electrons. The molecule has 0 N–H and O–H groups in total. The van der Waals surface area contributed by atoms with E-state index in [9.17, 15) is 4.79 Å². The zero-order valence-corrected chi connectivity index (χ0v) is 8.71. The fraction of sp³-hybridized carbons (Fsp3) is 0.909.